The van der Waals surface area contributed by atoms with Crippen LogP contribution in [0.1, 0.15) is 17.2 Å². The van der Waals surface area contributed by atoms with E-state index in [4.69, 9.17) is 5.84 Å². The van der Waals surface area contributed by atoms with Gasteiger partial charge in [-0.3, -0.25) is 16.3 Å². The summed E-state index contributed by atoms with van der Waals surface area (Å²) in [6, 6.07) is 16.5. The van der Waals surface area contributed by atoms with Crippen molar-refractivity contribution in [2.45, 2.75) is 12.5 Å². The Morgan fingerprint density at radius 2 is 2.00 bits per heavy atom. The molecule has 0 saturated heterocycles. The molecule has 2 aromatic carbocycles. The van der Waals surface area contributed by atoms with Gasteiger partial charge in [-0.1, -0.05) is 30.3 Å². The van der Waals surface area contributed by atoms with E-state index in [9.17, 15) is 4.39 Å². The van der Waals surface area contributed by atoms with Crippen LogP contribution in [0.3, 0.4) is 0 Å². The Bertz CT molecular complexity index is 758. The summed E-state index contributed by atoms with van der Waals surface area (Å²) in [5, 5.41) is 1.09. The molecule has 1 unspecified atom stereocenters. The van der Waals surface area contributed by atoms with Crippen molar-refractivity contribution >= 4 is 10.9 Å². The van der Waals surface area contributed by atoms with Crippen LogP contribution in [0.4, 0.5) is 4.39 Å². The molecule has 0 aliphatic carbocycles. The molecule has 0 saturated carbocycles. The Hall–Kier alpha value is -2.30. The molecular formula is C17H16FN3. The number of hydrogen-bond donors (Lipinski definition) is 2. The lowest BCUT2D eigenvalue weighted by Crippen LogP contribution is -2.29. The molecule has 0 spiro atoms. The van der Waals surface area contributed by atoms with Crippen LogP contribution in [0.25, 0.3) is 10.9 Å². The third-order valence-electron chi connectivity index (χ3n) is 3.56. The van der Waals surface area contributed by atoms with E-state index in [1.54, 1.807) is 12.3 Å². The van der Waals surface area contributed by atoms with Gasteiger partial charge in [0.1, 0.15) is 5.82 Å². The lowest BCUT2D eigenvalue weighted by molar-refractivity contribution is 0.549. The third kappa shape index (κ3) is 3.07. The number of nitrogens with two attached hydrogens (primary N) is 1. The highest BCUT2D eigenvalue weighted by atomic mass is 19.1. The molecule has 1 atom stereocenters. The van der Waals surface area contributed by atoms with Gasteiger partial charge in [0.25, 0.3) is 0 Å². The summed E-state index contributed by atoms with van der Waals surface area (Å²) in [5.41, 5.74) is 5.66. The second-order valence-corrected chi connectivity index (χ2v) is 5.01. The van der Waals surface area contributed by atoms with Crippen LogP contribution < -0.4 is 11.3 Å². The number of rotatable bonds is 4. The Kier molecular flexibility index (Phi) is 3.90. The molecule has 4 heteroatoms. The van der Waals surface area contributed by atoms with Crippen molar-refractivity contribution in [3.63, 3.8) is 0 Å². The highest BCUT2D eigenvalue weighted by molar-refractivity contribution is 5.79. The average molecular weight is 281 g/mol. The average Bonchev–Trinajstić information content (AvgIpc) is 2.52. The van der Waals surface area contributed by atoms with Crippen LogP contribution in [0.15, 0.2) is 60.8 Å². The molecule has 0 amide bonds. The van der Waals surface area contributed by atoms with Crippen molar-refractivity contribution in [3.05, 3.63) is 77.7 Å². The molecule has 1 heterocycles. The fraction of sp³-hybridized carbons (Fsp3) is 0.118. The summed E-state index contributed by atoms with van der Waals surface area (Å²) < 4.78 is 13.3. The van der Waals surface area contributed by atoms with Crippen molar-refractivity contribution in [3.8, 4) is 0 Å². The van der Waals surface area contributed by atoms with E-state index < -0.39 is 0 Å². The van der Waals surface area contributed by atoms with Crippen molar-refractivity contribution in [2.24, 2.45) is 5.84 Å². The predicted octanol–water partition coefficient (Wildman–Crippen LogP) is 3.12. The second-order valence-electron chi connectivity index (χ2n) is 5.01. The molecule has 1 aromatic heterocycles. The maximum atomic E-state index is 13.3. The van der Waals surface area contributed by atoms with E-state index in [0.29, 0.717) is 6.42 Å². The molecular weight excluding hydrogens is 265 g/mol. The standard InChI is InChI=1S/C17H16FN3/c18-15-5-1-3-12(9-15)10-17(21-19)14-7-6-13-4-2-8-20-16(13)11-14/h1-9,11,17,21H,10,19H2. The quantitative estimate of drug-likeness (QED) is 0.570. The van der Waals surface area contributed by atoms with E-state index in [1.165, 1.54) is 12.1 Å². The van der Waals surface area contributed by atoms with E-state index in [2.05, 4.69) is 10.4 Å². The number of nitrogens with one attached hydrogen (secondary N) is 1. The number of hydrogen-bond acceptors (Lipinski definition) is 3. The van der Waals surface area contributed by atoms with Crippen LogP contribution in [0.2, 0.25) is 0 Å². The molecule has 0 radical (unpaired) electrons. The van der Waals surface area contributed by atoms with Crippen LogP contribution in [0, 0.1) is 5.82 Å². The number of aromatic nitrogens is 1. The van der Waals surface area contributed by atoms with Gasteiger partial charge >= 0.3 is 0 Å². The summed E-state index contributed by atoms with van der Waals surface area (Å²) in [6.45, 7) is 0. The predicted molar refractivity (Wildman–Crippen MR) is 81.9 cm³/mol. The van der Waals surface area contributed by atoms with Crippen LogP contribution in [0.5, 0.6) is 0 Å². The second kappa shape index (κ2) is 5.99. The van der Waals surface area contributed by atoms with Crippen LogP contribution in [-0.2, 0) is 6.42 Å². The van der Waals surface area contributed by atoms with Gasteiger partial charge in [-0.15, -0.1) is 0 Å². The zero-order valence-electron chi connectivity index (χ0n) is 11.5. The molecule has 106 valence electrons. The summed E-state index contributed by atoms with van der Waals surface area (Å²) in [5.74, 6) is 5.44. The zero-order valence-corrected chi connectivity index (χ0v) is 11.5. The molecule has 3 rings (SSSR count). The van der Waals surface area contributed by atoms with E-state index in [-0.39, 0.29) is 11.9 Å². The van der Waals surface area contributed by atoms with Crippen molar-refractivity contribution < 1.29 is 4.39 Å². The van der Waals surface area contributed by atoms with Crippen LogP contribution >= 0.6 is 0 Å². The smallest absolute Gasteiger partial charge is 0.123 e. The van der Waals surface area contributed by atoms with E-state index in [1.807, 2.05) is 36.4 Å². The van der Waals surface area contributed by atoms with Crippen molar-refractivity contribution in [1.82, 2.24) is 10.4 Å². The topological polar surface area (TPSA) is 50.9 Å². The van der Waals surface area contributed by atoms with Gasteiger partial charge in [0.05, 0.1) is 11.6 Å². The van der Waals surface area contributed by atoms with E-state index in [0.717, 1.165) is 22.0 Å². The number of halogens is 1. The lowest BCUT2D eigenvalue weighted by Gasteiger charge is -2.17. The van der Waals surface area contributed by atoms with Gasteiger partial charge in [-0.25, -0.2) is 4.39 Å². The maximum Gasteiger partial charge on any atom is 0.123 e. The Morgan fingerprint density at radius 1 is 1.10 bits per heavy atom. The molecule has 0 aliphatic heterocycles. The molecule has 3 nitrogen and oxygen atoms in total. The molecule has 3 N–H and O–H groups in total. The Balaban J connectivity index is 1.90. The van der Waals surface area contributed by atoms with Gasteiger partial charge in [-0.2, -0.15) is 0 Å². The highest BCUT2D eigenvalue weighted by Gasteiger charge is 2.12. The largest absolute Gasteiger partial charge is 0.271 e. The van der Waals surface area contributed by atoms with Crippen molar-refractivity contribution in [1.29, 1.82) is 0 Å². The van der Waals surface area contributed by atoms with Gasteiger partial charge < -0.3 is 0 Å². The maximum absolute atomic E-state index is 13.3. The number of benzene rings is 2. The van der Waals surface area contributed by atoms with Gasteiger partial charge in [0.2, 0.25) is 0 Å². The molecule has 0 fully saturated rings. The summed E-state index contributed by atoms with van der Waals surface area (Å²) in [4.78, 5) is 4.35. The lowest BCUT2D eigenvalue weighted by atomic mass is 9.98. The van der Waals surface area contributed by atoms with Gasteiger partial charge in [0, 0.05) is 11.6 Å². The normalized spacial score (nSPS) is 12.5. The van der Waals surface area contributed by atoms with Crippen molar-refractivity contribution in [2.75, 3.05) is 0 Å². The third-order valence-corrected chi connectivity index (χ3v) is 3.56. The monoisotopic (exact) mass is 281 g/mol. The fourth-order valence-corrected chi connectivity index (χ4v) is 2.47. The number of pyridine rings is 1. The number of hydrazine groups is 1. The van der Waals surface area contributed by atoms with Gasteiger partial charge in [-0.05, 0) is 41.8 Å². The minimum absolute atomic E-state index is 0.0850. The SMILES string of the molecule is NNC(Cc1cccc(F)c1)c1ccc2cccnc2c1. The molecule has 21 heavy (non-hydrogen) atoms. The first-order chi connectivity index (χ1) is 10.3. The number of fused-ring (bicyclic) bond motifs is 1. The molecule has 0 bridgehead atoms. The minimum atomic E-state index is -0.233. The zero-order chi connectivity index (χ0) is 14.7. The Labute approximate surface area is 122 Å². The Morgan fingerprint density at radius 3 is 2.81 bits per heavy atom. The molecule has 0 aliphatic rings. The van der Waals surface area contributed by atoms with Gasteiger partial charge in [0.15, 0.2) is 0 Å². The summed E-state index contributed by atoms with van der Waals surface area (Å²) >= 11 is 0. The van der Waals surface area contributed by atoms with Crippen LogP contribution in [-0.4, -0.2) is 4.98 Å². The highest BCUT2D eigenvalue weighted by Crippen LogP contribution is 2.22. The minimum Gasteiger partial charge on any atom is -0.271 e. The van der Waals surface area contributed by atoms with E-state index >= 15 is 0 Å². The number of nitrogens with zero attached hydrogens (tertiary/aromatic N) is 1. The fourth-order valence-electron chi connectivity index (χ4n) is 2.47. The molecule has 3 aromatic rings. The first kappa shape index (κ1) is 13.7. The summed E-state index contributed by atoms with van der Waals surface area (Å²) in [6.07, 6.45) is 2.39. The first-order valence-corrected chi connectivity index (χ1v) is 6.81. The first-order valence-electron chi connectivity index (χ1n) is 6.81. The summed E-state index contributed by atoms with van der Waals surface area (Å²) in [7, 11) is 0.